The number of nitrogens with zero attached hydrogens (tertiary/aromatic N) is 2. The molecule has 1 saturated heterocycles. The molecule has 2 aromatic carbocycles. The van der Waals surface area contributed by atoms with E-state index < -0.39 is 39.8 Å². The van der Waals surface area contributed by atoms with Crippen LogP contribution in [-0.4, -0.2) is 57.0 Å². The normalized spacial score (nSPS) is 22.0. The molecule has 0 radical (unpaired) electrons. The fourth-order valence-electron chi connectivity index (χ4n) is 4.83. The van der Waals surface area contributed by atoms with Crippen LogP contribution in [0.4, 0.5) is 10.5 Å². The molecular weight excluding hydrogens is 446 g/mol. The maximum Gasteiger partial charge on any atom is 0.325 e. The zero-order valence-corrected chi connectivity index (χ0v) is 18.9. The third-order valence-corrected chi connectivity index (χ3v) is 7.62. The number of ether oxygens (including phenoxy) is 1. The van der Waals surface area contributed by atoms with E-state index in [1.807, 2.05) is 0 Å². The Morgan fingerprint density at radius 3 is 2.76 bits per heavy atom. The predicted octanol–water partition coefficient (Wildman–Crippen LogP) is 1.81. The highest BCUT2D eigenvalue weighted by Crippen LogP contribution is 2.41. The van der Waals surface area contributed by atoms with E-state index in [4.69, 9.17) is 4.74 Å². The third kappa shape index (κ3) is 3.45. The van der Waals surface area contributed by atoms with E-state index in [9.17, 15) is 22.8 Å². The molecule has 10 heteroatoms. The predicted molar refractivity (Wildman–Crippen MR) is 120 cm³/mol. The number of aryl methyl sites for hydroxylation is 1. The van der Waals surface area contributed by atoms with Crippen molar-refractivity contribution in [3.63, 3.8) is 0 Å². The largest absolute Gasteiger partial charge is 0.493 e. The number of hydrogen-bond donors (Lipinski definition) is 1. The van der Waals surface area contributed by atoms with Crippen LogP contribution in [0.1, 0.15) is 34.3 Å². The van der Waals surface area contributed by atoms with Gasteiger partial charge in [-0.15, -0.1) is 0 Å². The minimum atomic E-state index is -3.41. The van der Waals surface area contributed by atoms with Crippen LogP contribution in [0.3, 0.4) is 0 Å². The lowest BCUT2D eigenvalue weighted by molar-refractivity contribution is -0.132. The Morgan fingerprint density at radius 1 is 1.18 bits per heavy atom. The molecule has 3 aliphatic heterocycles. The van der Waals surface area contributed by atoms with Gasteiger partial charge in [-0.2, -0.15) is 0 Å². The summed E-state index contributed by atoms with van der Waals surface area (Å²) >= 11 is 0. The number of nitrogens with one attached hydrogen (secondary N) is 1. The molecule has 3 amide bonds. The molecule has 0 bridgehead atoms. The summed E-state index contributed by atoms with van der Waals surface area (Å²) in [5.74, 6) is -0.330. The molecule has 5 rings (SSSR count). The summed E-state index contributed by atoms with van der Waals surface area (Å²) in [5.41, 5.74) is 0.993. The Balaban J connectivity index is 1.40. The van der Waals surface area contributed by atoms with Crippen molar-refractivity contribution in [1.29, 1.82) is 0 Å². The van der Waals surface area contributed by atoms with Crippen molar-refractivity contribution in [2.24, 2.45) is 0 Å². The summed E-state index contributed by atoms with van der Waals surface area (Å²) < 4.78 is 31.1. The number of ketones is 1. The topological polar surface area (TPSA) is 113 Å². The Kier molecular flexibility index (Phi) is 4.93. The van der Waals surface area contributed by atoms with Crippen molar-refractivity contribution in [1.82, 2.24) is 10.2 Å². The standard InChI is InChI=1S/C23H23N3O6S/c1-33(30,31)26-11-4-5-15-13-16(8-9-18(15)26)19(27)14-25-21(28)23(24-22(25)29)10-12-32-20-7-3-2-6-17(20)23/h2-3,6-9,13H,4-5,10-12,14H2,1H3,(H,24,29)/t23-/m0/s1. The van der Waals surface area contributed by atoms with E-state index in [1.54, 1.807) is 42.5 Å². The number of carbonyl (C=O) groups is 3. The van der Waals surface area contributed by atoms with Gasteiger partial charge in [-0.3, -0.25) is 18.8 Å². The second kappa shape index (κ2) is 7.58. The van der Waals surface area contributed by atoms with Crippen molar-refractivity contribution in [3.8, 4) is 5.75 Å². The number of imide groups is 1. The quantitative estimate of drug-likeness (QED) is 0.540. The summed E-state index contributed by atoms with van der Waals surface area (Å²) in [5, 5.41) is 2.79. The molecule has 2 aromatic rings. The highest BCUT2D eigenvalue weighted by Gasteiger charge is 2.55. The van der Waals surface area contributed by atoms with Crippen LogP contribution in [0.25, 0.3) is 0 Å². The zero-order valence-electron chi connectivity index (χ0n) is 18.0. The average molecular weight is 470 g/mol. The van der Waals surface area contributed by atoms with Gasteiger partial charge in [-0.05, 0) is 42.7 Å². The highest BCUT2D eigenvalue weighted by molar-refractivity contribution is 7.92. The number of sulfonamides is 1. The lowest BCUT2D eigenvalue weighted by Gasteiger charge is -2.33. The SMILES string of the molecule is CS(=O)(=O)N1CCCc2cc(C(=O)CN3C(=O)N[C@]4(CCOc5ccccc54)C3=O)ccc21. The van der Waals surface area contributed by atoms with Crippen LogP contribution in [0.2, 0.25) is 0 Å². The van der Waals surface area contributed by atoms with Gasteiger partial charge in [0.25, 0.3) is 5.91 Å². The zero-order chi connectivity index (χ0) is 23.4. The molecule has 1 fully saturated rings. The number of rotatable bonds is 4. The molecule has 3 heterocycles. The van der Waals surface area contributed by atoms with Crippen molar-refractivity contribution in [2.45, 2.75) is 24.8 Å². The number of carbonyl (C=O) groups excluding carboxylic acids is 3. The Labute approximate surface area is 191 Å². The molecule has 1 N–H and O–H groups in total. The first-order valence-corrected chi connectivity index (χ1v) is 12.6. The molecule has 172 valence electrons. The monoisotopic (exact) mass is 469 g/mol. The van der Waals surface area contributed by atoms with Crippen molar-refractivity contribution in [3.05, 3.63) is 59.2 Å². The van der Waals surface area contributed by atoms with Crippen molar-refractivity contribution >= 4 is 33.4 Å². The summed E-state index contributed by atoms with van der Waals surface area (Å²) in [7, 11) is -3.41. The Morgan fingerprint density at radius 2 is 1.97 bits per heavy atom. The Bertz CT molecular complexity index is 1290. The fraction of sp³-hybridized carbons (Fsp3) is 0.348. The number of Topliss-reactive ketones (excluding diaryl/α,β-unsaturated/α-hetero) is 1. The molecule has 33 heavy (non-hydrogen) atoms. The van der Waals surface area contributed by atoms with Gasteiger partial charge in [0.05, 0.1) is 25.1 Å². The summed E-state index contributed by atoms with van der Waals surface area (Å²) in [6.45, 7) is 0.269. The molecule has 1 atom stereocenters. The van der Waals surface area contributed by atoms with Crippen LogP contribution in [-0.2, 0) is 26.8 Å². The third-order valence-electron chi connectivity index (χ3n) is 6.44. The second-order valence-electron chi connectivity index (χ2n) is 8.53. The summed E-state index contributed by atoms with van der Waals surface area (Å²) in [4.78, 5) is 40.1. The summed E-state index contributed by atoms with van der Waals surface area (Å²) in [6.07, 6.45) is 2.72. The smallest absolute Gasteiger partial charge is 0.325 e. The van der Waals surface area contributed by atoms with E-state index >= 15 is 0 Å². The second-order valence-corrected chi connectivity index (χ2v) is 10.4. The molecule has 1 spiro atoms. The van der Waals surface area contributed by atoms with Crippen LogP contribution in [0.15, 0.2) is 42.5 Å². The Hall–Kier alpha value is -3.40. The van der Waals surface area contributed by atoms with E-state index in [2.05, 4.69) is 5.32 Å². The van der Waals surface area contributed by atoms with E-state index in [0.717, 1.165) is 16.7 Å². The van der Waals surface area contributed by atoms with Crippen molar-refractivity contribution in [2.75, 3.05) is 30.3 Å². The lowest BCUT2D eigenvalue weighted by Crippen LogP contribution is -2.47. The van der Waals surface area contributed by atoms with Crippen LogP contribution in [0.5, 0.6) is 5.75 Å². The van der Waals surface area contributed by atoms with Crippen LogP contribution in [0, 0.1) is 0 Å². The number of fused-ring (bicyclic) bond motifs is 3. The van der Waals surface area contributed by atoms with Gasteiger partial charge >= 0.3 is 6.03 Å². The van der Waals surface area contributed by atoms with E-state index in [-0.39, 0.29) is 13.0 Å². The van der Waals surface area contributed by atoms with Crippen LogP contribution >= 0.6 is 0 Å². The van der Waals surface area contributed by atoms with Gasteiger partial charge < -0.3 is 10.1 Å². The number of amides is 3. The van der Waals surface area contributed by atoms with Gasteiger partial charge in [0.1, 0.15) is 5.75 Å². The number of urea groups is 1. The maximum atomic E-state index is 13.4. The number of anilines is 1. The first-order chi connectivity index (χ1) is 15.7. The number of hydrogen-bond acceptors (Lipinski definition) is 6. The van der Waals surface area contributed by atoms with E-state index in [1.165, 1.54) is 4.31 Å². The maximum absolute atomic E-state index is 13.4. The molecule has 3 aliphatic rings. The number of benzene rings is 2. The van der Waals surface area contributed by atoms with Gasteiger partial charge in [0, 0.05) is 24.1 Å². The van der Waals surface area contributed by atoms with Gasteiger partial charge in [0.15, 0.2) is 11.3 Å². The molecule has 0 saturated carbocycles. The van der Waals surface area contributed by atoms with E-state index in [0.29, 0.717) is 42.0 Å². The van der Waals surface area contributed by atoms with Gasteiger partial charge in [-0.25, -0.2) is 13.2 Å². The highest BCUT2D eigenvalue weighted by atomic mass is 32.2. The van der Waals surface area contributed by atoms with Gasteiger partial charge in [0.2, 0.25) is 10.0 Å². The minimum absolute atomic E-state index is 0.270. The summed E-state index contributed by atoms with van der Waals surface area (Å²) in [6, 6.07) is 11.3. The molecular formula is C23H23N3O6S. The molecule has 0 aliphatic carbocycles. The first kappa shape index (κ1) is 21.4. The van der Waals surface area contributed by atoms with Gasteiger partial charge in [-0.1, -0.05) is 18.2 Å². The fourth-order valence-corrected chi connectivity index (χ4v) is 5.83. The molecule has 9 nitrogen and oxygen atoms in total. The lowest BCUT2D eigenvalue weighted by atomic mass is 9.84. The number of para-hydroxylation sites is 1. The minimum Gasteiger partial charge on any atom is -0.493 e. The molecule has 0 unspecified atom stereocenters. The molecule has 0 aromatic heterocycles. The average Bonchev–Trinajstić information content (AvgIpc) is 3.02. The first-order valence-electron chi connectivity index (χ1n) is 10.7. The van der Waals surface area contributed by atoms with Crippen LogP contribution < -0.4 is 14.4 Å². The van der Waals surface area contributed by atoms with Crippen molar-refractivity contribution < 1.29 is 27.5 Å².